The van der Waals surface area contributed by atoms with E-state index < -0.39 is 6.10 Å². The van der Waals surface area contributed by atoms with E-state index in [0.717, 1.165) is 11.3 Å². The van der Waals surface area contributed by atoms with Crippen molar-refractivity contribution in [1.29, 1.82) is 0 Å². The molecule has 21 heavy (non-hydrogen) atoms. The lowest BCUT2D eigenvalue weighted by Crippen LogP contribution is -2.43. The molecule has 6 heteroatoms. The first-order chi connectivity index (χ1) is 9.54. The van der Waals surface area contributed by atoms with Gasteiger partial charge in [-0.05, 0) is 38.0 Å². The van der Waals surface area contributed by atoms with E-state index in [2.05, 4.69) is 10.6 Å². The highest BCUT2D eigenvalue weighted by Gasteiger charge is 2.27. The van der Waals surface area contributed by atoms with Crippen LogP contribution < -0.4 is 15.4 Å². The number of hydrogen-bond acceptors (Lipinski definition) is 4. The summed E-state index contributed by atoms with van der Waals surface area (Å²) in [4.78, 5) is 11.9. The Kier molecular flexibility index (Phi) is 6.95. The van der Waals surface area contributed by atoms with E-state index in [9.17, 15) is 9.90 Å². The van der Waals surface area contributed by atoms with E-state index in [1.807, 2.05) is 38.1 Å². The van der Waals surface area contributed by atoms with E-state index in [4.69, 9.17) is 4.74 Å². The Morgan fingerprint density at radius 3 is 2.95 bits per heavy atom. The number of nitrogens with one attached hydrogen (secondary N) is 2. The van der Waals surface area contributed by atoms with E-state index in [0.29, 0.717) is 19.5 Å². The van der Waals surface area contributed by atoms with Crippen LogP contribution in [-0.4, -0.2) is 42.4 Å². The molecule has 1 saturated heterocycles. The molecule has 3 N–H and O–H groups in total. The molecule has 1 amide bonds. The van der Waals surface area contributed by atoms with Crippen LogP contribution in [0.4, 0.5) is 0 Å². The highest BCUT2D eigenvalue weighted by atomic mass is 35.5. The lowest BCUT2D eigenvalue weighted by molar-refractivity contribution is -0.123. The number of carbonyl (C=O) groups is 1. The summed E-state index contributed by atoms with van der Waals surface area (Å²) < 4.78 is 5.74. The summed E-state index contributed by atoms with van der Waals surface area (Å²) >= 11 is 0. The van der Waals surface area contributed by atoms with Crippen molar-refractivity contribution in [2.24, 2.45) is 0 Å². The fourth-order valence-electron chi connectivity index (χ4n) is 2.25. The van der Waals surface area contributed by atoms with Gasteiger partial charge in [0.15, 0.2) is 0 Å². The molecule has 0 aliphatic carbocycles. The maximum Gasteiger partial charge on any atom is 0.237 e. The molecule has 0 saturated carbocycles. The number of aliphatic hydroxyl groups excluding tert-OH is 1. The summed E-state index contributed by atoms with van der Waals surface area (Å²) in [5, 5.41) is 15.2. The first-order valence-electron chi connectivity index (χ1n) is 6.97. The molecular formula is C15H23ClN2O3. The molecule has 1 fully saturated rings. The smallest absolute Gasteiger partial charge is 0.237 e. The van der Waals surface area contributed by atoms with Crippen molar-refractivity contribution < 1.29 is 14.6 Å². The molecule has 118 valence electrons. The van der Waals surface area contributed by atoms with Crippen molar-refractivity contribution in [1.82, 2.24) is 10.6 Å². The van der Waals surface area contributed by atoms with Crippen molar-refractivity contribution in [2.45, 2.75) is 38.5 Å². The van der Waals surface area contributed by atoms with Crippen LogP contribution >= 0.6 is 12.4 Å². The molecule has 0 bridgehead atoms. The number of rotatable bonds is 5. The van der Waals surface area contributed by atoms with Gasteiger partial charge in [0, 0.05) is 6.54 Å². The molecule has 3 unspecified atom stereocenters. The summed E-state index contributed by atoms with van der Waals surface area (Å²) in [5.41, 5.74) is 1.14. The minimum Gasteiger partial charge on any atom is -0.489 e. The van der Waals surface area contributed by atoms with Crippen molar-refractivity contribution in [3.05, 3.63) is 29.8 Å². The van der Waals surface area contributed by atoms with Crippen molar-refractivity contribution >= 4 is 18.3 Å². The molecule has 1 aromatic carbocycles. The largest absolute Gasteiger partial charge is 0.489 e. The molecule has 3 atom stereocenters. The quantitative estimate of drug-likeness (QED) is 0.759. The third-order valence-corrected chi connectivity index (χ3v) is 3.31. The third kappa shape index (κ3) is 5.53. The monoisotopic (exact) mass is 314 g/mol. The molecule has 2 rings (SSSR count). The minimum atomic E-state index is -0.424. The Morgan fingerprint density at radius 2 is 2.33 bits per heavy atom. The number of benzene rings is 1. The summed E-state index contributed by atoms with van der Waals surface area (Å²) in [7, 11) is 0. The van der Waals surface area contributed by atoms with Gasteiger partial charge in [0.1, 0.15) is 11.9 Å². The molecule has 1 heterocycles. The third-order valence-electron chi connectivity index (χ3n) is 3.31. The predicted octanol–water partition coefficient (Wildman–Crippen LogP) is 1.02. The van der Waals surface area contributed by atoms with Crippen molar-refractivity contribution in [3.8, 4) is 5.75 Å². The zero-order chi connectivity index (χ0) is 14.5. The first-order valence-corrected chi connectivity index (χ1v) is 6.97. The first kappa shape index (κ1) is 17.8. The lowest BCUT2D eigenvalue weighted by Gasteiger charge is -2.17. The van der Waals surface area contributed by atoms with Gasteiger partial charge in [0.25, 0.3) is 0 Å². The number of β-amino-alcohol motifs (C(OH)–C–C–N with tert-alkyl or cyclic N) is 1. The van der Waals surface area contributed by atoms with Gasteiger partial charge in [-0.15, -0.1) is 12.4 Å². The molecule has 0 spiro atoms. The fraction of sp³-hybridized carbons (Fsp3) is 0.533. The average molecular weight is 315 g/mol. The van der Waals surface area contributed by atoms with Gasteiger partial charge in [0.2, 0.25) is 5.91 Å². The van der Waals surface area contributed by atoms with Gasteiger partial charge >= 0.3 is 0 Å². The average Bonchev–Trinajstić information content (AvgIpc) is 2.83. The fourth-order valence-corrected chi connectivity index (χ4v) is 2.25. The van der Waals surface area contributed by atoms with E-state index in [-0.39, 0.29) is 30.5 Å². The molecule has 0 radical (unpaired) electrons. The summed E-state index contributed by atoms with van der Waals surface area (Å²) in [6.45, 7) is 4.85. The van der Waals surface area contributed by atoms with Crippen LogP contribution in [0.1, 0.15) is 18.9 Å². The topological polar surface area (TPSA) is 70.6 Å². The van der Waals surface area contributed by atoms with Gasteiger partial charge < -0.3 is 20.5 Å². The summed E-state index contributed by atoms with van der Waals surface area (Å²) in [6, 6.07) is 7.53. The van der Waals surface area contributed by atoms with Crippen LogP contribution in [-0.2, 0) is 4.79 Å². The Balaban J connectivity index is 0.00000220. The number of ether oxygens (including phenoxy) is 1. The Bertz CT molecular complexity index is 470. The number of halogens is 1. The van der Waals surface area contributed by atoms with E-state index in [1.54, 1.807) is 0 Å². The van der Waals surface area contributed by atoms with Crippen molar-refractivity contribution in [3.63, 3.8) is 0 Å². The Hall–Kier alpha value is -1.30. The SMILES string of the molecule is Cc1cccc(OC(C)CNC(=O)C2CC(O)CN2)c1.Cl. The van der Waals surface area contributed by atoms with Crippen LogP contribution in [0.25, 0.3) is 0 Å². The molecular weight excluding hydrogens is 292 g/mol. The predicted molar refractivity (Wildman–Crippen MR) is 83.9 cm³/mol. The van der Waals surface area contributed by atoms with Crippen LogP contribution in [0.2, 0.25) is 0 Å². The van der Waals surface area contributed by atoms with Gasteiger partial charge in [-0.2, -0.15) is 0 Å². The van der Waals surface area contributed by atoms with E-state index >= 15 is 0 Å². The zero-order valence-electron chi connectivity index (χ0n) is 12.3. The number of aryl methyl sites for hydroxylation is 1. The Labute approximate surface area is 131 Å². The molecule has 1 aliphatic heterocycles. The number of carbonyl (C=O) groups excluding carboxylic acids is 1. The van der Waals surface area contributed by atoms with Crippen LogP contribution in [0.15, 0.2) is 24.3 Å². The van der Waals surface area contributed by atoms with Crippen LogP contribution in [0.5, 0.6) is 5.75 Å². The second kappa shape index (κ2) is 8.22. The second-order valence-electron chi connectivity index (χ2n) is 5.34. The highest BCUT2D eigenvalue weighted by molar-refractivity contribution is 5.85. The molecule has 1 aromatic rings. The molecule has 5 nitrogen and oxygen atoms in total. The number of amides is 1. The van der Waals surface area contributed by atoms with Gasteiger partial charge in [0.05, 0.1) is 18.7 Å². The maximum absolute atomic E-state index is 11.9. The summed E-state index contributed by atoms with van der Waals surface area (Å²) in [6.07, 6.45) is -0.0577. The van der Waals surface area contributed by atoms with Gasteiger partial charge in [-0.1, -0.05) is 12.1 Å². The molecule has 1 aliphatic rings. The standard InChI is InChI=1S/C15H22N2O3.ClH/c1-10-4-3-5-13(6-10)20-11(2)8-17-15(19)14-7-12(18)9-16-14;/h3-6,11-12,14,16,18H,7-9H2,1-2H3,(H,17,19);1H. The van der Waals surface area contributed by atoms with E-state index in [1.165, 1.54) is 0 Å². The number of aliphatic hydroxyl groups is 1. The lowest BCUT2D eigenvalue weighted by atomic mass is 10.2. The molecule has 0 aromatic heterocycles. The van der Waals surface area contributed by atoms with Gasteiger partial charge in [-0.25, -0.2) is 0 Å². The summed E-state index contributed by atoms with van der Waals surface area (Å²) in [5.74, 6) is 0.724. The minimum absolute atomic E-state index is 0. The van der Waals surface area contributed by atoms with Crippen LogP contribution in [0.3, 0.4) is 0 Å². The van der Waals surface area contributed by atoms with Crippen LogP contribution in [0, 0.1) is 6.92 Å². The Morgan fingerprint density at radius 1 is 1.57 bits per heavy atom. The van der Waals surface area contributed by atoms with Crippen molar-refractivity contribution in [2.75, 3.05) is 13.1 Å². The zero-order valence-corrected chi connectivity index (χ0v) is 13.2. The van der Waals surface area contributed by atoms with Gasteiger partial charge in [-0.3, -0.25) is 4.79 Å². The normalized spacial score (nSPS) is 22.2. The highest BCUT2D eigenvalue weighted by Crippen LogP contribution is 2.14. The second-order valence-corrected chi connectivity index (χ2v) is 5.34. The maximum atomic E-state index is 11.9. The number of hydrogen-bond donors (Lipinski definition) is 3.